The predicted molar refractivity (Wildman–Crippen MR) is 78.7 cm³/mol. The summed E-state index contributed by atoms with van der Waals surface area (Å²) in [6, 6.07) is 7.73. The van der Waals surface area contributed by atoms with Crippen molar-refractivity contribution in [3.8, 4) is 0 Å². The molecular weight excluding hydrogens is 312 g/mol. The SMILES string of the molecule is Cc1csc(NC(=O)C=Cc2ccc(Br)cc2)n1. The van der Waals surface area contributed by atoms with Crippen molar-refractivity contribution in [2.45, 2.75) is 6.92 Å². The first kappa shape index (κ1) is 13.0. The summed E-state index contributed by atoms with van der Waals surface area (Å²) in [5.74, 6) is -0.174. The van der Waals surface area contributed by atoms with Gasteiger partial charge in [-0.2, -0.15) is 0 Å². The standard InChI is InChI=1S/C13H11BrN2OS/c1-9-8-18-13(15-9)16-12(17)7-4-10-2-5-11(14)6-3-10/h2-8H,1H3,(H,15,16,17). The van der Waals surface area contributed by atoms with E-state index >= 15 is 0 Å². The molecule has 1 aromatic carbocycles. The van der Waals surface area contributed by atoms with Gasteiger partial charge in [0.25, 0.3) is 0 Å². The summed E-state index contributed by atoms with van der Waals surface area (Å²) in [5.41, 5.74) is 1.89. The number of carbonyl (C=O) groups excluding carboxylic acids is 1. The second-order valence-electron chi connectivity index (χ2n) is 3.67. The number of benzene rings is 1. The molecule has 1 amide bonds. The molecule has 0 saturated carbocycles. The molecule has 0 radical (unpaired) electrons. The van der Waals surface area contributed by atoms with Crippen LogP contribution in [0.3, 0.4) is 0 Å². The van der Waals surface area contributed by atoms with Crippen LogP contribution >= 0.6 is 27.3 Å². The highest BCUT2D eigenvalue weighted by Gasteiger charge is 2.01. The third-order valence-electron chi connectivity index (χ3n) is 2.15. The second-order valence-corrected chi connectivity index (χ2v) is 5.44. The van der Waals surface area contributed by atoms with Gasteiger partial charge in [-0.15, -0.1) is 11.3 Å². The molecule has 1 heterocycles. The number of thiazole rings is 1. The van der Waals surface area contributed by atoms with Gasteiger partial charge in [-0.25, -0.2) is 4.98 Å². The number of carbonyl (C=O) groups is 1. The monoisotopic (exact) mass is 322 g/mol. The van der Waals surface area contributed by atoms with Crippen molar-refractivity contribution < 1.29 is 4.79 Å². The Kier molecular flexibility index (Phi) is 4.28. The summed E-state index contributed by atoms with van der Waals surface area (Å²) < 4.78 is 1.02. The van der Waals surface area contributed by atoms with Crippen molar-refractivity contribution in [3.63, 3.8) is 0 Å². The molecule has 0 aliphatic carbocycles. The van der Waals surface area contributed by atoms with Gasteiger partial charge in [0.05, 0.1) is 5.69 Å². The van der Waals surface area contributed by atoms with E-state index in [-0.39, 0.29) is 5.91 Å². The van der Waals surface area contributed by atoms with Crippen LogP contribution in [0.2, 0.25) is 0 Å². The predicted octanol–water partition coefficient (Wildman–Crippen LogP) is 3.87. The van der Waals surface area contributed by atoms with E-state index in [0.29, 0.717) is 5.13 Å². The topological polar surface area (TPSA) is 42.0 Å². The number of aromatic nitrogens is 1. The molecule has 0 saturated heterocycles. The summed E-state index contributed by atoms with van der Waals surface area (Å²) in [4.78, 5) is 15.8. The molecule has 2 aromatic rings. The number of nitrogens with zero attached hydrogens (tertiary/aromatic N) is 1. The third-order valence-corrected chi connectivity index (χ3v) is 3.55. The van der Waals surface area contributed by atoms with E-state index < -0.39 is 0 Å². The Labute approximate surface area is 118 Å². The lowest BCUT2D eigenvalue weighted by Crippen LogP contribution is -2.07. The molecule has 1 aromatic heterocycles. The highest BCUT2D eigenvalue weighted by molar-refractivity contribution is 9.10. The molecule has 0 bridgehead atoms. The summed E-state index contributed by atoms with van der Waals surface area (Å²) in [5, 5.41) is 5.24. The van der Waals surface area contributed by atoms with E-state index in [9.17, 15) is 4.79 Å². The van der Waals surface area contributed by atoms with Gasteiger partial charge in [-0.3, -0.25) is 10.1 Å². The Morgan fingerprint density at radius 2 is 2.11 bits per heavy atom. The van der Waals surface area contributed by atoms with E-state index in [1.807, 2.05) is 36.6 Å². The number of rotatable bonds is 3. The first-order chi connectivity index (χ1) is 8.63. The largest absolute Gasteiger partial charge is 0.298 e. The molecule has 0 spiro atoms. The summed E-state index contributed by atoms with van der Waals surface area (Å²) in [6.07, 6.45) is 3.27. The van der Waals surface area contributed by atoms with Crippen molar-refractivity contribution in [2.75, 3.05) is 5.32 Å². The van der Waals surface area contributed by atoms with E-state index in [1.54, 1.807) is 6.08 Å². The van der Waals surface area contributed by atoms with E-state index in [1.165, 1.54) is 17.4 Å². The van der Waals surface area contributed by atoms with Crippen LogP contribution in [0.15, 0.2) is 40.2 Å². The maximum Gasteiger partial charge on any atom is 0.250 e. The van der Waals surface area contributed by atoms with E-state index in [2.05, 4.69) is 26.2 Å². The van der Waals surface area contributed by atoms with Crippen LogP contribution in [-0.2, 0) is 4.79 Å². The molecule has 0 aliphatic heterocycles. The minimum atomic E-state index is -0.174. The number of anilines is 1. The second kappa shape index (κ2) is 5.93. The highest BCUT2D eigenvalue weighted by atomic mass is 79.9. The average Bonchev–Trinajstić information content (AvgIpc) is 2.74. The van der Waals surface area contributed by atoms with Crippen LogP contribution in [0.5, 0.6) is 0 Å². The smallest absolute Gasteiger partial charge is 0.250 e. The van der Waals surface area contributed by atoms with Crippen LogP contribution in [0.4, 0.5) is 5.13 Å². The van der Waals surface area contributed by atoms with Gasteiger partial charge in [0.15, 0.2) is 5.13 Å². The maximum atomic E-state index is 11.6. The van der Waals surface area contributed by atoms with Crippen LogP contribution < -0.4 is 5.32 Å². The average molecular weight is 323 g/mol. The molecule has 0 unspecified atom stereocenters. The minimum Gasteiger partial charge on any atom is -0.298 e. The molecule has 3 nitrogen and oxygen atoms in total. The zero-order chi connectivity index (χ0) is 13.0. The Morgan fingerprint density at radius 1 is 1.39 bits per heavy atom. The molecular formula is C13H11BrN2OS. The van der Waals surface area contributed by atoms with E-state index in [0.717, 1.165) is 15.7 Å². The third kappa shape index (κ3) is 3.78. The van der Waals surface area contributed by atoms with Gasteiger partial charge in [-0.1, -0.05) is 28.1 Å². The van der Waals surface area contributed by atoms with Crippen molar-refractivity contribution in [3.05, 3.63) is 51.5 Å². The summed E-state index contributed by atoms with van der Waals surface area (Å²) >= 11 is 4.78. The Bertz CT molecular complexity index is 575. The number of hydrogen-bond donors (Lipinski definition) is 1. The first-order valence-electron chi connectivity index (χ1n) is 5.30. The fourth-order valence-electron chi connectivity index (χ4n) is 1.30. The van der Waals surface area contributed by atoms with Gasteiger partial charge in [0.1, 0.15) is 0 Å². The molecule has 5 heteroatoms. The van der Waals surface area contributed by atoms with Crippen LogP contribution in [0, 0.1) is 6.92 Å². The number of nitrogens with one attached hydrogen (secondary N) is 1. The Morgan fingerprint density at radius 3 is 2.72 bits per heavy atom. The Balaban J connectivity index is 1.96. The van der Waals surface area contributed by atoms with Crippen molar-refractivity contribution >= 4 is 44.4 Å². The number of amides is 1. The quantitative estimate of drug-likeness (QED) is 0.872. The van der Waals surface area contributed by atoms with Crippen LogP contribution in [-0.4, -0.2) is 10.9 Å². The fraction of sp³-hybridized carbons (Fsp3) is 0.0769. The fourth-order valence-corrected chi connectivity index (χ4v) is 2.26. The van der Waals surface area contributed by atoms with Gasteiger partial charge in [0, 0.05) is 15.9 Å². The molecule has 0 atom stereocenters. The van der Waals surface area contributed by atoms with Gasteiger partial charge in [-0.05, 0) is 30.7 Å². The lowest BCUT2D eigenvalue weighted by molar-refractivity contribution is -0.111. The number of aryl methyl sites for hydroxylation is 1. The summed E-state index contributed by atoms with van der Waals surface area (Å²) in [6.45, 7) is 1.89. The zero-order valence-electron chi connectivity index (χ0n) is 9.68. The maximum absolute atomic E-state index is 11.6. The van der Waals surface area contributed by atoms with Crippen LogP contribution in [0.1, 0.15) is 11.3 Å². The molecule has 0 aliphatic rings. The van der Waals surface area contributed by atoms with Crippen LogP contribution in [0.25, 0.3) is 6.08 Å². The zero-order valence-corrected chi connectivity index (χ0v) is 12.1. The summed E-state index contributed by atoms with van der Waals surface area (Å²) in [7, 11) is 0. The molecule has 92 valence electrons. The molecule has 1 N–H and O–H groups in total. The van der Waals surface area contributed by atoms with E-state index in [4.69, 9.17) is 0 Å². The van der Waals surface area contributed by atoms with Gasteiger partial charge in [0.2, 0.25) is 5.91 Å². The number of hydrogen-bond acceptors (Lipinski definition) is 3. The lowest BCUT2D eigenvalue weighted by atomic mass is 10.2. The van der Waals surface area contributed by atoms with Gasteiger partial charge < -0.3 is 0 Å². The normalized spacial score (nSPS) is 10.8. The minimum absolute atomic E-state index is 0.174. The van der Waals surface area contributed by atoms with Gasteiger partial charge >= 0.3 is 0 Å². The first-order valence-corrected chi connectivity index (χ1v) is 6.97. The van der Waals surface area contributed by atoms with Crippen molar-refractivity contribution in [2.24, 2.45) is 0 Å². The number of halogens is 1. The molecule has 2 rings (SSSR count). The van der Waals surface area contributed by atoms with Crippen molar-refractivity contribution in [1.29, 1.82) is 0 Å². The molecule has 0 fully saturated rings. The molecule has 18 heavy (non-hydrogen) atoms. The highest BCUT2D eigenvalue weighted by Crippen LogP contribution is 2.15. The lowest BCUT2D eigenvalue weighted by Gasteiger charge is -1.96. The van der Waals surface area contributed by atoms with Crippen molar-refractivity contribution in [1.82, 2.24) is 4.98 Å². The Hall–Kier alpha value is -1.46.